The number of amides is 1. The normalized spacial score (nSPS) is 10.3. The molecule has 0 radical (unpaired) electrons. The Labute approximate surface area is 137 Å². The summed E-state index contributed by atoms with van der Waals surface area (Å²) in [5.41, 5.74) is 3.13. The van der Waals surface area contributed by atoms with Crippen LogP contribution in [0.1, 0.15) is 18.1 Å². The van der Waals surface area contributed by atoms with Crippen LogP contribution in [0.5, 0.6) is 11.5 Å². The predicted molar refractivity (Wildman–Crippen MR) is 92.4 cm³/mol. The van der Waals surface area contributed by atoms with Crippen LogP contribution < -0.4 is 14.4 Å². The molecule has 0 aromatic heterocycles. The number of hydrogen-bond acceptors (Lipinski definition) is 3. The summed E-state index contributed by atoms with van der Waals surface area (Å²) in [5.74, 6) is 1.11. The molecule has 2 rings (SSSR count). The minimum Gasteiger partial charge on any atom is -0.493 e. The third kappa shape index (κ3) is 4.03. The Hall–Kier alpha value is -2.49. The number of likely N-dealkylation sites (N-methyl/N-ethyl adjacent to an activating group) is 1. The lowest BCUT2D eigenvalue weighted by atomic mass is 10.1. The van der Waals surface area contributed by atoms with E-state index in [1.165, 1.54) is 0 Å². The third-order valence-electron chi connectivity index (χ3n) is 3.69. The average molecular weight is 313 g/mol. The topological polar surface area (TPSA) is 38.8 Å². The Morgan fingerprint density at radius 3 is 2.43 bits per heavy atom. The van der Waals surface area contributed by atoms with E-state index in [-0.39, 0.29) is 12.5 Å². The van der Waals surface area contributed by atoms with Gasteiger partial charge in [-0.2, -0.15) is 0 Å². The van der Waals surface area contributed by atoms with Crippen LogP contribution in [0.4, 0.5) is 5.69 Å². The largest absolute Gasteiger partial charge is 0.493 e. The molecule has 122 valence electrons. The van der Waals surface area contributed by atoms with E-state index in [0.29, 0.717) is 18.0 Å². The van der Waals surface area contributed by atoms with Crippen molar-refractivity contribution in [1.29, 1.82) is 0 Å². The maximum atomic E-state index is 12.6. The van der Waals surface area contributed by atoms with E-state index in [2.05, 4.69) is 0 Å². The molecule has 0 bridgehead atoms. The minimum atomic E-state index is -0.0768. The van der Waals surface area contributed by atoms with Gasteiger partial charge >= 0.3 is 0 Å². The first-order valence-corrected chi connectivity index (χ1v) is 7.70. The van der Waals surface area contributed by atoms with Crippen LogP contribution in [-0.2, 0) is 4.79 Å². The first-order valence-electron chi connectivity index (χ1n) is 7.70. The van der Waals surface area contributed by atoms with Crippen molar-refractivity contribution >= 4 is 11.6 Å². The van der Waals surface area contributed by atoms with E-state index in [1.807, 2.05) is 57.2 Å². The van der Waals surface area contributed by atoms with Crippen molar-refractivity contribution in [3.05, 3.63) is 53.6 Å². The van der Waals surface area contributed by atoms with Crippen molar-refractivity contribution in [1.82, 2.24) is 0 Å². The number of carbonyl (C=O) groups excluding carboxylic acids is 1. The maximum absolute atomic E-state index is 12.6. The van der Waals surface area contributed by atoms with Gasteiger partial charge in [-0.25, -0.2) is 0 Å². The number of anilines is 1. The Morgan fingerprint density at radius 1 is 1.09 bits per heavy atom. The van der Waals surface area contributed by atoms with E-state index >= 15 is 0 Å². The van der Waals surface area contributed by atoms with Gasteiger partial charge in [0.25, 0.3) is 5.91 Å². The molecule has 0 spiro atoms. The van der Waals surface area contributed by atoms with Crippen LogP contribution in [-0.4, -0.2) is 26.2 Å². The molecule has 0 saturated carbocycles. The van der Waals surface area contributed by atoms with Gasteiger partial charge in [0.05, 0.1) is 7.11 Å². The Bertz CT molecular complexity index is 682. The van der Waals surface area contributed by atoms with Crippen molar-refractivity contribution in [3.63, 3.8) is 0 Å². The highest BCUT2D eigenvalue weighted by Crippen LogP contribution is 2.26. The summed E-state index contributed by atoms with van der Waals surface area (Å²) in [7, 11) is 1.58. The Balaban J connectivity index is 2.13. The fourth-order valence-corrected chi connectivity index (χ4v) is 2.45. The molecule has 0 fully saturated rings. The summed E-state index contributed by atoms with van der Waals surface area (Å²) < 4.78 is 10.9. The highest BCUT2D eigenvalue weighted by molar-refractivity contribution is 5.95. The van der Waals surface area contributed by atoms with Crippen LogP contribution >= 0.6 is 0 Å². The van der Waals surface area contributed by atoms with Crippen LogP contribution in [0.2, 0.25) is 0 Å². The first kappa shape index (κ1) is 16.9. The third-order valence-corrected chi connectivity index (χ3v) is 3.69. The Kier molecular flexibility index (Phi) is 5.63. The number of aryl methyl sites for hydroxylation is 2. The number of carbonyl (C=O) groups is 1. The smallest absolute Gasteiger partial charge is 0.264 e. The van der Waals surface area contributed by atoms with Gasteiger partial charge in [-0.05, 0) is 50.1 Å². The maximum Gasteiger partial charge on any atom is 0.264 e. The van der Waals surface area contributed by atoms with Gasteiger partial charge in [-0.3, -0.25) is 4.79 Å². The van der Waals surface area contributed by atoms with E-state index < -0.39 is 0 Å². The molecule has 0 heterocycles. The van der Waals surface area contributed by atoms with Crippen molar-refractivity contribution in [2.75, 3.05) is 25.2 Å². The number of hydrogen-bond donors (Lipinski definition) is 0. The van der Waals surface area contributed by atoms with E-state index in [4.69, 9.17) is 9.47 Å². The second-order valence-electron chi connectivity index (χ2n) is 5.37. The molecule has 4 nitrogen and oxygen atoms in total. The minimum absolute atomic E-state index is 0.0262. The van der Waals surface area contributed by atoms with Crippen molar-refractivity contribution in [2.45, 2.75) is 20.8 Å². The van der Waals surface area contributed by atoms with Crippen LogP contribution in [0.15, 0.2) is 42.5 Å². The number of benzene rings is 2. The molecular weight excluding hydrogens is 290 g/mol. The quantitative estimate of drug-likeness (QED) is 0.815. The molecule has 2 aromatic rings. The average Bonchev–Trinajstić information content (AvgIpc) is 2.57. The second kappa shape index (κ2) is 7.68. The van der Waals surface area contributed by atoms with E-state index in [9.17, 15) is 4.79 Å². The van der Waals surface area contributed by atoms with Gasteiger partial charge in [0.15, 0.2) is 18.1 Å². The molecule has 23 heavy (non-hydrogen) atoms. The number of methoxy groups -OCH3 is 1. The zero-order chi connectivity index (χ0) is 16.8. The standard InChI is InChI=1S/C19H23NO3/c1-5-20(16-12-14(2)10-11-15(16)3)19(21)13-23-18-9-7-6-8-17(18)22-4/h6-12H,5,13H2,1-4H3. The van der Waals surface area contributed by atoms with Gasteiger partial charge in [0.2, 0.25) is 0 Å². The molecule has 4 heteroatoms. The van der Waals surface area contributed by atoms with Gasteiger partial charge < -0.3 is 14.4 Å². The van der Waals surface area contributed by atoms with Crippen LogP contribution in [0.3, 0.4) is 0 Å². The zero-order valence-corrected chi connectivity index (χ0v) is 14.1. The molecule has 0 aliphatic heterocycles. The summed E-state index contributed by atoms with van der Waals surface area (Å²) in [4.78, 5) is 14.3. The van der Waals surface area contributed by atoms with Crippen LogP contribution in [0.25, 0.3) is 0 Å². The molecule has 2 aromatic carbocycles. The number of ether oxygens (including phenoxy) is 2. The highest BCUT2D eigenvalue weighted by atomic mass is 16.5. The lowest BCUT2D eigenvalue weighted by Crippen LogP contribution is -2.35. The van der Waals surface area contributed by atoms with Gasteiger partial charge in [-0.1, -0.05) is 24.3 Å². The van der Waals surface area contributed by atoms with Crippen molar-refractivity contribution in [3.8, 4) is 11.5 Å². The summed E-state index contributed by atoms with van der Waals surface area (Å²) in [5, 5.41) is 0. The highest BCUT2D eigenvalue weighted by Gasteiger charge is 2.17. The molecule has 0 N–H and O–H groups in total. The molecule has 0 aliphatic rings. The van der Waals surface area contributed by atoms with Gasteiger partial charge in [-0.15, -0.1) is 0 Å². The predicted octanol–water partition coefficient (Wildman–Crippen LogP) is 3.74. The summed E-state index contributed by atoms with van der Waals surface area (Å²) in [6, 6.07) is 13.4. The second-order valence-corrected chi connectivity index (χ2v) is 5.37. The molecule has 0 atom stereocenters. The lowest BCUT2D eigenvalue weighted by molar-refractivity contribution is -0.120. The molecule has 0 unspecified atom stereocenters. The summed E-state index contributed by atoms with van der Waals surface area (Å²) in [6.07, 6.45) is 0. The Morgan fingerprint density at radius 2 is 1.78 bits per heavy atom. The van der Waals surface area contributed by atoms with Crippen molar-refractivity contribution in [2.24, 2.45) is 0 Å². The monoisotopic (exact) mass is 313 g/mol. The summed E-state index contributed by atoms with van der Waals surface area (Å²) in [6.45, 7) is 6.56. The number of para-hydroxylation sites is 2. The molecule has 1 amide bonds. The van der Waals surface area contributed by atoms with E-state index in [1.54, 1.807) is 18.1 Å². The lowest BCUT2D eigenvalue weighted by Gasteiger charge is -2.23. The first-order chi connectivity index (χ1) is 11.1. The van der Waals surface area contributed by atoms with E-state index in [0.717, 1.165) is 16.8 Å². The summed E-state index contributed by atoms with van der Waals surface area (Å²) >= 11 is 0. The molecular formula is C19H23NO3. The van der Waals surface area contributed by atoms with Crippen LogP contribution in [0, 0.1) is 13.8 Å². The SMILES string of the molecule is CCN(C(=O)COc1ccccc1OC)c1cc(C)ccc1C. The number of nitrogens with zero attached hydrogens (tertiary/aromatic N) is 1. The fraction of sp³-hybridized carbons (Fsp3) is 0.316. The van der Waals surface area contributed by atoms with Crippen molar-refractivity contribution < 1.29 is 14.3 Å². The zero-order valence-electron chi connectivity index (χ0n) is 14.1. The van der Waals surface area contributed by atoms with Gasteiger partial charge in [0, 0.05) is 12.2 Å². The number of rotatable bonds is 6. The fourth-order valence-electron chi connectivity index (χ4n) is 2.45. The molecule has 0 saturated heterocycles. The molecule has 0 aliphatic carbocycles. The van der Waals surface area contributed by atoms with Gasteiger partial charge in [0.1, 0.15) is 0 Å².